The summed E-state index contributed by atoms with van der Waals surface area (Å²) in [5, 5.41) is 3.30. The molecule has 78 valence electrons. The fourth-order valence-corrected chi connectivity index (χ4v) is 0.996. The average molecular weight is 208 g/mol. The highest BCUT2D eigenvalue weighted by atomic mass is 19.1. The maximum absolute atomic E-state index is 12.8. The summed E-state index contributed by atoms with van der Waals surface area (Å²) in [7, 11) is 1.45. The van der Waals surface area contributed by atoms with Gasteiger partial charge in [-0.2, -0.15) is 0 Å². The van der Waals surface area contributed by atoms with Crippen molar-refractivity contribution < 1.29 is 9.13 Å². The Kier molecular flexibility index (Phi) is 4.12. The number of methoxy groups -OCH3 is 1. The molecule has 0 spiro atoms. The van der Waals surface area contributed by atoms with Crippen LogP contribution in [0.15, 0.2) is 23.5 Å². The number of hydrogen-bond donors (Lipinski definition) is 0. The second-order valence-electron chi connectivity index (χ2n) is 2.57. The van der Waals surface area contributed by atoms with Crippen molar-refractivity contribution in [2.24, 2.45) is 5.11 Å². The molecule has 0 atom stereocenters. The lowest BCUT2D eigenvalue weighted by Gasteiger charge is -2.02. The number of halogens is 1. The molecule has 1 aromatic rings. The van der Waals surface area contributed by atoms with Gasteiger partial charge in [0.2, 0.25) is 5.88 Å². The van der Waals surface area contributed by atoms with Crippen molar-refractivity contribution in [2.75, 3.05) is 13.7 Å². The van der Waals surface area contributed by atoms with Crippen molar-refractivity contribution in [1.29, 1.82) is 0 Å². The van der Waals surface area contributed by atoms with Gasteiger partial charge in [0.05, 0.1) is 13.3 Å². The molecule has 0 radical (unpaired) electrons. The van der Waals surface area contributed by atoms with E-state index in [-0.39, 0.29) is 6.54 Å². The maximum Gasteiger partial charge on any atom is 0.220 e. The molecule has 0 N–H and O–H groups in total. The van der Waals surface area contributed by atoms with Gasteiger partial charge in [-0.05, 0) is 11.6 Å². The molecule has 0 saturated carbocycles. The standard InChI is InChI=1S/C9H9FN4O/c1-15-9-7(3-2-4-13-14-11)5-8(10)6-12-9/h2-3,5-6H,4H2,1H3. The summed E-state index contributed by atoms with van der Waals surface area (Å²) < 4.78 is 17.7. The van der Waals surface area contributed by atoms with Crippen molar-refractivity contribution in [1.82, 2.24) is 4.98 Å². The van der Waals surface area contributed by atoms with Gasteiger partial charge in [0.1, 0.15) is 5.82 Å². The van der Waals surface area contributed by atoms with Gasteiger partial charge in [-0.15, -0.1) is 0 Å². The quantitative estimate of drug-likeness (QED) is 0.433. The normalized spacial score (nSPS) is 10.0. The van der Waals surface area contributed by atoms with Crippen molar-refractivity contribution >= 4 is 6.08 Å². The zero-order valence-corrected chi connectivity index (χ0v) is 8.09. The van der Waals surface area contributed by atoms with Crippen molar-refractivity contribution in [3.05, 3.63) is 40.2 Å². The Hall–Kier alpha value is -2.07. The van der Waals surface area contributed by atoms with Crippen LogP contribution in [0.5, 0.6) is 5.88 Å². The molecule has 1 heterocycles. The number of ether oxygens (including phenoxy) is 1. The topological polar surface area (TPSA) is 70.9 Å². The van der Waals surface area contributed by atoms with Crippen LogP contribution in [0.4, 0.5) is 4.39 Å². The minimum absolute atomic E-state index is 0.205. The van der Waals surface area contributed by atoms with Gasteiger partial charge in [-0.1, -0.05) is 17.3 Å². The van der Waals surface area contributed by atoms with Crippen LogP contribution in [0.25, 0.3) is 16.5 Å². The third-order valence-electron chi connectivity index (χ3n) is 1.59. The monoisotopic (exact) mass is 208 g/mol. The van der Waals surface area contributed by atoms with Crippen molar-refractivity contribution in [3.63, 3.8) is 0 Å². The Balaban J connectivity index is 2.86. The molecule has 0 fully saturated rings. The molecule has 0 unspecified atom stereocenters. The van der Waals surface area contributed by atoms with Crippen LogP contribution < -0.4 is 4.74 Å². The van der Waals surface area contributed by atoms with Crippen molar-refractivity contribution in [2.45, 2.75) is 0 Å². The Morgan fingerprint density at radius 1 is 1.73 bits per heavy atom. The maximum atomic E-state index is 12.8. The molecule has 0 bridgehead atoms. The average Bonchev–Trinajstić information content (AvgIpc) is 2.25. The van der Waals surface area contributed by atoms with E-state index in [4.69, 9.17) is 10.3 Å². The second-order valence-corrected chi connectivity index (χ2v) is 2.57. The van der Waals surface area contributed by atoms with Gasteiger partial charge in [0.25, 0.3) is 0 Å². The highest BCUT2D eigenvalue weighted by molar-refractivity contribution is 5.54. The van der Waals surface area contributed by atoms with E-state index in [9.17, 15) is 4.39 Å². The van der Waals surface area contributed by atoms with Crippen LogP contribution in [0.2, 0.25) is 0 Å². The largest absolute Gasteiger partial charge is 0.481 e. The lowest BCUT2D eigenvalue weighted by molar-refractivity contribution is 0.394. The molecule has 0 aliphatic rings. The molecular formula is C9H9FN4O. The van der Waals surface area contributed by atoms with Gasteiger partial charge in [-0.3, -0.25) is 0 Å². The zero-order valence-electron chi connectivity index (χ0n) is 8.09. The summed E-state index contributed by atoms with van der Waals surface area (Å²) in [4.78, 5) is 6.32. The predicted octanol–water partition coefficient (Wildman–Crippen LogP) is 2.55. The minimum Gasteiger partial charge on any atom is -0.481 e. The van der Waals surface area contributed by atoms with Crippen LogP contribution >= 0.6 is 0 Å². The van der Waals surface area contributed by atoms with Crippen LogP contribution in [-0.2, 0) is 0 Å². The summed E-state index contributed by atoms with van der Waals surface area (Å²) in [6.45, 7) is 0.205. The molecule has 0 aromatic carbocycles. The third kappa shape index (κ3) is 3.28. The van der Waals surface area contributed by atoms with E-state index in [0.29, 0.717) is 11.4 Å². The lowest BCUT2D eigenvalue weighted by atomic mass is 10.2. The first-order chi connectivity index (χ1) is 7.27. The summed E-state index contributed by atoms with van der Waals surface area (Å²) >= 11 is 0. The van der Waals surface area contributed by atoms with Crippen LogP contribution in [-0.4, -0.2) is 18.6 Å². The number of hydrogen-bond acceptors (Lipinski definition) is 3. The Morgan fingerprint density at radius 2 is 2.53 bits per heavy atom. The molecule has 0 aliphatic heterocycles. The molecule has 0 amide bonds. The molecule has 15 heavy (non-hydrogen) atoms. The number of pyridine rings is 1. The van der Waals surface area contributed by atoms with Crippen molar-refractivity contribution in [3.8, 4) is 5.88 Å². The predicted molar refractivity (Wildman–Crippen MR) is 53.8 cm³/mol. The van der Waals surface area contributed by atoms with E-state index >= 15 is 0 Å². The first kappa shape index (κ1) is 11.0. The van der Waals surface area contributed by atoms with E-state index in [1.807, 2.05) is 0 Å². The Morgan fingerprint density at radius 3 is 3.20 bits per heavy atom. The minimum atomic E-state index is -0.445. The molecule has 1 aromatic heterocycles. The lowest BCUT2D eigenvalue weighted by Crippen LogP contribution is -1.92. The van der Waals surface area contributed by atoms with E-state index in [1.54, 1.807) is 12.2 Å². The summed E-state index contributed by atoms with van der Waals surface area (Å²) in [5.74, 6) is -0.118. The zero-order chi connectivity index (χ0) is 11.1. The molecule has 0 saturated heterocycles. The fourth-order valence-electron chi connectivity index (χ4n) is 0.996. The highest BCUT2D eigenvalue weighted by Gasteiger charge is 2.01. The smallest absolute Gasteiger partial charge is 0.220 e. The van der Waals surface area contributed by atoms with E-state index in [0.717, 1.165) is 6.20 Å². The molecule has 1 rings (SSSR count). The molecule has 5 nitrogen and oxygen atoms in total. The van der Waals surface area contributed by atoms with Crippen LogP contribution in [0, 0.1) is 5.82 Å². The number of rotatable bonds is 4. The summed E-state index contributed by atoms with van der Waals surface area (Å²) in [6.07, 6.45) is 4.26. The molecule has 0 aliphatic carbocycles. The Labute approximate surface area is 85.8 Å². The molecule has 6 heteroatoms. The second kappa shape index (κ2) is 5.62. The SMILES string of the molecule is COc1ncc(F)cc1C=CCN=[N+]=[N-]. The van der Waals surface area contributed by atoms with Gasteiger partial charge in [0.15, 0.2) is 0 Å². The third-order valence-corrected chi connectivity index (χ3v) is 1.59. The van der Waals surface area contributed by atoms with Crippen LogP contribution in [0.3, 0.4) is 0 Å². The summed E-state index contributed by atoms with van der Waals surface area (Å²) in [6, 6.07) is 1.29. The van der Waals surface area contributed by atoms with Gasteiger partial charge in [-0.25, -0.2) is 9.37 Å². The first-order valence-corrected chi connectivity index (χ1v) is 4.15. The van der Waals surface area contributed by atoms with Gasteiger partial charge < -0.3 is 4.74 Å². The Bertz CT molecular complexity index is 413. The van der Waals surface area contributed by atoms with E-state index < -0.39 is 5.82 Å². The van der Waals surface area contributed by atoms with Gasteiger partial charge in [0, 0.05) is 17.0 Å². The highest BCUT2D eigenvalue weighted by Crippen LogP contribution is 2.16. The number of azide groups is 1. The van der Waals surface area contributed by atoms with Gasteiger partial charge >= 0.3 is 0 Å². The summed E-state index contributed by atoms with van der Waals surface area (Å²) in [5.41, 5.74) is 8.54. The van der Waals surface area contributed by atoms with Crippen LogP contribution in [0.1, 0.15) is 5.56 Å². The first-order valence-electron chi connectivity index (χ1n) is 4.15. The number of nitrogens with zero attached hydrogens (tertiary/aromatic N) is 4. The van der Waals surface area contributed by atoms with E-state index in [2.05, 4.69) is 15.0 Å². The molecular weight excluding hydrogens is 199 g/mol. The fraction of sp³-hybridized carbons (Fsp3) is 0.222. The van der Waals surface area contributed by atoms with E-state index in [1.165, 1.54) is 13.2 Å². The number of aromatic nitrogens is 1.